The van der Waals surface area contributed by atoms with Gasteiger partial charge >= 0.3 is 5.97 Å². The Bertz CT molecular complexity index is 834. The summed E-state index contributed by atoms with van der Waals surface area (Å²) in [5.74, 6) is 0.755. The third-order valence-corrected chi connectivity index (χ3v) is 3.31. The van der Waals surface area contributed by atoms with Crippen molar-refractivity contribution in [2.75, 3.05) is 0 Å². The molecule has 0 spiro atoms. The number of carbonyl (C=O) groups is 1. The van der Waals surface area contributed by atoms with Crippen molar-refractivity contribution in [2.45, 2.75) is 6.61 Å². The summed E-state index contributed by atoms with van der Waals surface area (Å²) < 4.78 is 11.7. The molecule has 0 amide bonds. The van der Waals surface area contributed by atoms with Crippen LogP contribution in [0.2, 0.25) is 0 Å². The third kappa shape index (κ3) is 3.89. The molecule has 0 bridgehead atoms. The van der Waals surface area contributed by atoms with Crippen molar-refractivity contribution in [1.29, 1.82) is 0 Å². The summed E-state index contributed by atoms with van der Waals surface area (Å²) >= 11 is 0. The minimum Gasteiger partial charge on any atom is -0.619 e. The highest BCUT2D eigenvalue weighted by Gasteiger charge is 2.12. The van der Waals surface area contributed by atoms with E-state index in [1.165, 1.54) is 24.5 Å². The Morgan fingerprint density at radius 1 is 0.958 bits per heavy atom. The number of hydrogen-bond donors (Lipinski definition) is 0. The molecule has 0 N–H and O–H groups in total. The Hall–Kier alpha value is -3.34. The smallest absolute Gasteiger partial charge is 0.344 e. The van der Waals surface area contributed by atoms with Crippen LogP contribution in [0.1, 0.15) is 15.9 Å². The monoisotopic (exact) mass is 321 g/mol. The molecule has 0 radical (unpaired) electrons. The summed E-state index contributed by atoms with van der Waals surface area (Å²) in [6, 6.07) is 19.7. The first-order valence-corrected chi connectivity index (χ1v) is 7.39. The zero-order valence-corrected chi connectivity index (χ0v) is 12.8. The lowest BCUT2D eigenvalue weighted by Gasteiger charge is -2.11. The standard InChI is InChI=1S/C19H15NO4/c21-19(15-8-6-12-20(22)13-15)23-14-16-7-4-5-11-18(16)24-17-9-2-1-3-10-17/h1-13H,14H2. The van der Waals surface area contributed by atoms with Crippen LogP contribution in [0.4, 0.5) is 0 Å². The summed E-state index contributed by atoms with van der Waals surface area (Å²) in [5.41, 5.74) is 0.939. The summed E-state index contributed by atoms with van der Waals surface area (Å²) in [6.07, 6.45) is 2.48. The molecule has 3 rings (SSSR count). The van der Waals surface area contributed by atoms with Gasteiger partial charge in [0.2, 0.25) is 0 Å². The van der Waals surface area contributed by atoms with Gasteiger partial charge in [0.05, 0.1) is 0 Å². The normalized spacial score (nSPS) is 10.2. The Morgan fingerprint density at radius 2 is 1.71 bits per heavy atom. The largest absolute Gasteiger partial charge is 0.619 e. The van der Waals surface area contributed by atoms with Gasteiger partial charge in [0.1, 0.15) is 23.7 Å². The maximum Gasteiger partial charge on any atom is 0.344 e. The number of hydrogen-bond acceptors (Lipinski definition) is 4. The average molecular weight is 321 g/mol. The van der Waals surface area contributed by atoms with Crippen LogP contribution >= 0.6 is 0 Å². The molecule has 3 aromatic rings. The van der Waals surface area contributed by atoms with Crippen molar-refractivity contribution in [2.24, 2.45) is 0 Å². The van der Waals surface area contributed by atoms with Gasteiger partial charge in [-0.25, -0.2) is 4.79 Å². The quantitative estimate of drug-likeness (QED) is 0.410. The molecule has 0 saturated heterocycles. The number of aromatic nitrogens is 1. The molecular formula is C19H15NO4. The summed E-state index contributed by atoms with van der Waals surface area (Å²) in [6.45, 7) is 0.0512. The highest BCUT2D eigenvalue weighted by molar-refractivity contribution is 5.88. The van der Waals surface area contributed by atoms with Crippen molar-refractivity contribution >= 4 is 5.97 Å². The van der Waals surface area contributed by atoms with Crippen LogP contribution < -0.4 is 9.47 Å². The van der Waals surface area contributed by atoms with Gasteiger partial charge in [-0.1, -0.05) is 36.4 Å². The van der Waals surface area contributed by atoms with Crippen LogP contribution in [0, 0.1) is 5.21 Å². The van der Waals surface area contributed by atoms with E-state index in [1.54, 1.807) is 0 Å². The summed E-state index contributed by atoms with van der Waals surface area (Å²) in [4.78, 5) is 12.0. The molecule has 0 aliphatic heterocycles. The summed E-state index contributed by atoms with van der Waals surface area (Å²) in [7, 11) is 0. The van der Waals surface area contributed by atoms with E-state index < -0.39 is 5.97 Å². The van der Waals surface area contributed by atoms with Crippen LogP contribution in [0.3, 0.4) is 0 Å². The van der Waals surface area contributed by atoms with Gasteiger partial charge in [-0.05, 0) is 24.3 Å². The molecule has 24 heavy (non-hydrogen) atoms. The lowest BCUT2D eigenvalue weighted by molar-refractivity contribution is -0.605. The fraction of sp³-hybridized carbons (Fsp3) is 0.0526. The highest BCUT2D eigenvalue weighted by atomic mass is 16.5. The zero-order valence-electron chi connectivity index (χ0n) is 12.8. The number of rotatable bonds is 5. The Balaban J connectivity index is 1.70. The second-order valence-electron chi connectivity index (χ2n) is 5.05. The molecule has 0 saturated carbocycles. The maximum absolute atomic E-state index is 12.0. The number of pyridine rings is 1. The number of ether oxygens (including phenoxy) is 2. The number of benzene rings is 2. The van der Waals surface area contributed by atoms with Crippen LogP contribution in [0.5, 0.6) is 11.5 Å². The van der Waals surface area contributed by atoms with Crippen molar-refractivity contribution in [1.82, 2.24) is 0 Å². The molecule has 1 aromatic heterocycles. The Morgan fingerprint density at radius 3 is 2.50 bits per heavy atom. The maximum atomic E-state index is 12.0. The molecule has 0 fully saturated rings. The van der Waals surface area contributed by atoms with Gasteiger partial charge < -0.3 is 14.7 Å². The Labute approximate surface area is 139 Å². The predicted octanol–water partition coefficient (Wildman–Crippen LogP) is 3.47. The fourth-order valence-corrected chi connectivity index (χ4v) is 2.14. The molecule has 0 aliphatic rings. The van der Waals surface area contributed by atoms with Crippen molar-refractivity contribution < 1.29 is 19.0 Å². The first kappa shape index (κ1) is 15.6. The molecule has 5 heteroatoms. The van der Waals surface area contributed by atoms with Gasteiger partial charge in [0.15, 0.2) is 12.4 Å². The van der Waals surface area contributed by atoms with E-state index in [9.17, 15) is 10.0 Å². The van der Waals surface area contributed by atoms with E-state index in [-0.39, 0.29) is 12.2 Å². The van der Waals surface area contributed by atoms with Gasteiger partial charge in [-0.2, -0.15) is 4.73 Å². The van der Waals surface area contributed by atoms with Crippen molar-refractivity contribution in [3.8, 4) is 11.5 Å². The number of para-hydroxylation sites is 2. The van der Waals surface area contributed by atoms with Crippen LogP contribution in [0.25, 0.3) is 0 Å². The molecule has 0 unspecified atom stereocenters. The topological polar surface area (TPSA) is 62.5 Å². The number of esters is 1. The van der Waals surface area contributed by atoms with E-state index in [4.69, 9.17) is 9.47 Å². The van der Waals surface area contributed by atoms with Crippen LogP contribution in [0.15, 0.2) is 79.1 Å². The van der Waals surface area contributed by atoms with Crippen molar-refractivity contribution in [3.63, 3.8) is 0 Å². The van der Waals surface area contributed by atoms with E-state index in [2.05, 4.69) is 0 Å². The van der Waals surface area contributed by atoms with Crippen molar-refractivity contribution in [3.05, 3.63) is 95.5 Å². The van der Waals surface area contributed by atoms with E-state index in [1.807, 2.05) is 54.6 Å². The molecule has 5 nitrogen and oxygen atoms in total. The van der Waals surface area contributed by atoms with E-state index in [0.29, 0.717) is 16.2 Å². The number of carbonyl (C=O) groups excluding carboxylic acids is 1. The SMILES string of the molecule is O=C(OCc1ccccc1Oc1ccccc1)c1ccc[n+]([O-])c1. The highest BCUT2D eigenvalue weighted by Crippen LogP contribution is 2.25. The second-order valence-corrected chi connectivity index (χ2v) is 5.05. The summed E-state index contributed by atoms with van der Waals surface area (Å²) in [5, 5.41) is 11.2. The number of nitrogens with zero attached hydrogens (tertiary/aromatic N) is 1. The fourth-order valence-electron chi connectivity index (χ4n) is 2.14. The second kappa shape index (κ2) is 7.28. The first-order valence-electron chi connectivity index (χ1n) is 7.39. The minimum absolute atomic E-state index is 0.0512. The van der Waals surface area contributed by atoms with Gasteiger partial charge in [-0.3, -0.25) is 0 Å². The van der Waals surface area contributed by atoms with E-state index in [0.717, 1.165) is 5.56 Å². The lowest BCUT2D eigenvalue weighted by Crippen LogP contribution is -2.26. The van der Waals surface area contributed by atoms with Gasteiger partial charge in [0, 0.05) is 11.6 Å². The molecule has 1 heterocycles. The zero-order chi connectivity index (χ0) is 16.8. The van der Waals surface area contributed by atoms with Gasteiger partial charge in [-0.15, -0.1) is 0 Å². The van der Waals surface area contributed by atoms with Crippen LogP contribution in [-0.4, -0.2) is 5.97 Å². The third-order valence-electron chi connectivity index (χ3n) is 3.31. The molecule has 0 atom stereocenters. The molecular weight excluding hydrogens is 306 g/mol. The molecule has 0 aliphatic carbocycles. The average Bonchev–Trinajstić information content (AvgIpc) is 2.61. The lowest BCUT2D eigenvalue weighted by atomic mass is 10.2. The van der Waals surface area contributed by atoms with Crippen LogP contribution in [-0.2, 0) is 11.3 Å². The first-order chi connectivity index (χ1) is 11.7. The molecule has 2 aromatic carbocycles. The predicted molar refractivity (Wildman–Crippen MR) is 87.5 cm³/mol. The minimum atomic E-state index is -0.560. The molecule has 120 valence electrons. The Kier molecular flexibility index (Phi) is 4.72. The van der Waals surface area contributed by atoms with E-state index >= 15 is 0 Å². The van der Waals surface area contributed by atoms with Gasteiger partial charge in [0.25, 0.3) is 0 Å².